The first-order valence-electron chi connectivity index (χ1n) is 11.1. The molecule has 9 heteroatoms. The molecule has 0 amide bonds. The first kappa shape index (κ1) is 25.5. The molecule has 1 aliphatic rings. The van der Waals surface area contributed by atoms with Gasteiger partial charge in [0.2, 0.25) is 5.88 Å². The summed E-state index contributed by atoms with van der Waals surface area (Å²) in [6.45, 7) is 3.97. The molecule has 0 spiro atoms. The predicted molar refractivity (Wildman–Crippen MR) is 137 cm³/mol. The van der Waals surface area contributed by atoms with Crippen LogP contribution in [0, 0.1) is 11.3 Å². The van der Waals surface area contributed by atoms with Crippen LogP contribution >= 0.6 is 11.6 Å². The third kappa shape index (κ3) is 5.17. The van der Waals surface area contributed by atoms with Gasteiger partial charge in [-0.25, -0.2) is 4.79 Å². The zero-order valence-corrected chi connectivity index (χ0v) is 20.9. The number of esters is 1. The van der Waals surface area contributed by atoms with Crippen molar-refractivity contribution in [3.8, 4) is 34.8 Å². The summed E-state index contributed by atoms with van der Waals surface area (Å²) in [6.07, 6.45) is 1.63. The number of allylic oxidation sites excluding steroid dienone is 1. The van der Waals surface area contributed by atoms with E-state index in [1.54, 1.807) is 48.5 Å². The molecule has 0 saturated carbocycles. The van der Waals surface area contributed by atoms with Crippen LogP contribution in [0.1, 0.15) is 27.4 Å². The summed E-state index contributed by atoms with van der Waals surface area (Å²) < 4.78 is 27.5. The number of methoxy groups -OCH3 is 2. The molecule has 0 aliphatic carbocycles. The van der Waals surface area contributed by atoms with Gasteiger partial charge in [0.15, 0.2) is 11.5 Å². The maximum atomic E-state index is 12.7. The molecule has 3 aromatic rings. The van der Waals surface area contributed by atoms with Crippen LogP contribution < -0.4 is 29.4 Å². The molecule has 2 N–H and O–H groups in total. The van der Waals surface area contributed by atoms with Gasteiger partial charge < -0.3 is 29.4 Å². The average Bonchev–Trinajstić information content (AvgIpc) is 2.90. The van der Waals surface area contributed by atoms with Crippen LogP contribution in [-0.2, 0) is 0 Å². The van der Waals surface area contributed by atoms with E-state index in [1.165, 1.54) is 20.3 Å². The number of ether oxygens (including phenoxy) is 5. The number of carbonyl (C=O) groups excluding carboxylic acids is 1. The molecule has 0 bridgehead atoms. The van der Waals surface area contributed by atoms with Crippen LogP contribution in [0.15, 0.2) is 78.7 Å². The molecule has 1 atom stereocenters. The monoisotopic (exact) mass is 518 g/mol. The number of nitrogens with two attached hydrogens (primary N) is 1. The molecular formula is C28H23ClN2O6. The SMILES string of the molecule is C=CCOc1ccc(C2C(C#N)=C(N)Oc3cc(OC(=O)c4ccc(OC)c(Cl)c4)ccc32)cc1OC. The number of hydrogen-bond donors (Lipinski definition) is 1. The molecule has 0 radical (unpaired) electrons. The molecule has 4 rings (SSSR count). The Kier molecular flexibility index (Phi) is 7.56. The number of nitriles is 1. The van der Waals surface area contributed by atoms with Crippen molar-refractivity contribution in [3.63, 3.8) is 0 Å². The molecule has 188 valence electrons. The number of hydrogen-bond acceptors (Lipinski definition) is 8. The number of fused-ring (bicyclic) bond motifs is 1. The molecule has 1 heterocycles. The molecule has 0 fully saturated rings. The molecule has 3 aromatic carbocycles. The van der Waals surface area contributed by atoms with E-state index in [0.717, 1.165) is 5.56 Å². The zero-order chi connectivity index (χ0) is 26.5. The fourth-order valence-corrected chi connectivity index (χ4v) is 4.19. The van der Waals surface area contributed by atoms with Gasteiger partial charge in [-0.05, 0) is 42.0 Å². The Labute approximate surface area is 219 Å². The van der Waals surface area contributed by atoms with Crippen LogP contribution in [0.25, 0.3) is 0 Å². The van der Waals surface area contributed by atoms with E-state index in [2.05, 4.69) is 12.6 Å². The van der Waals surface area contributed by atoms with Crippen molar-refractivity contribution in [3.05, 3.63) is 100 Å². The van der Waals surface area contributed by atoms with E-state index in [0.29, 0.717) is 35.2 Å². The number of benzene rings is 3. The minimum absolute atomic E-state index is 0.0450. The summed E-state index contributed by atoms with van der Waals surface area (Å²) in [6, 6.07) is 17.0. The minimum Gasteiger partial charge on any atom is -0.495 e. The Balaban J connectivity index is 1.67. The lowest BCUT2D eigenvalue weighted by atomic mass is 9.83. The van der Waals surface area contributed by atoms with Crippen molar-refractivity contribution in [2.24, 2.45) is 5.73 Å². The fraction of sp³-hybridized carbons (Fsp3) is 0.143. The second-order valence-electron chi connectivity index (χ2n) is 7.87. The van der Waals surface area contributed by atoms with E-state index in [9.17, 15) is 10.1 Å². The average molecular weight is 519 g/mol. The third-order valence-electron chi connectivity index (χ3n) is 5.67. The number of halogens is 1. The van der Waals surface area contributed by atoms with Gasteiger partial charge in [0.25, 0.3) is 0 Å². The van der Waals surface area contributed by atoms with Crippen molar-refractivity contribution < 1.29 is 28.5 Å². The Morgan fingerprint density at radius 2 is 1.86 bits per heavy atom. The maximum Gasteiger partial charge on any atom is 0.343 e. The lowest BCUT2D eigenvalue weighted by molar-refractivity contribution is 0.0734. The zero-order valence-electron chi connectivity index (χ0n) is 20.1. The van der Waals surface area contributed by atoms with Gasteiger partial charge in [-0.15, -0.1) is 0 Å². The molecule has 0 saturated heterocycles. The van der Waals surface area contributed by atoms with Crippen molar-refractivity contribution >= 4 is 17.6 Å². The van der Waals surface area contributed by atoms with Crippen LogP contribution in [0.3, 0.4) is 0 Å². The maximum absolute atomic E-state index is 12.7. The molecular weight excluding hydrogens is 496 g/mol. The van der Waals surface area contributed by atoms with Crippen molar-refractivity contribution in [1.82, 2.24) is 0 Å². The normalized spacial score (nSPS) is 14.1. The standard InChI is InChI=1S/C28H23ClN2O6/c1-4-11-35-23-10-5-16(13-25(23)34-3)26-19-8-7-18(14-24(19)37-27(31)20(26)15-30)36-28(32)17-6-9-22(33-2)21(29)12-17/h4-10,12-14,26H,1,11,31H2,2-3H3. The Bertz CT molecular complexity index is 1440. The highest BCUT2D eigenvalue weighted by Gasteiger charge is 2.32. The lowest BCUT2D eigenvalue weighted by Gasteiger charge is -2.27. The van der Waals surface area contributed by atoms with Gasteiger partial charge >= 0.3 is 5.97 Å². The molecule has 0 aromatic heterocycles. The van der Waals surface area contributed by atoms with Crippen LogP contribution in [0.2, 0.25) is 5.02 Å². The Hall–Kier alpha value is -4.61. The van der Waals surface area contributed by atoms with Gasteiger partial charge in [0, 0.05) is 11.6 Å². The highest BCUT2D eigenvalue weighted by atomic mass is 35.5. The molecule has 1 unspecified atom stereocenters. The highest BCUT2D eigenvalue weighted by molar-refractivity contribution is 6.32. The third-order valence-corrected chi connectivity index (χ3v) is 5.96. The highest BCUT2D eigenvalue weighted by Crippen LogP contribution is 2.45. The van der Waals surface area contributed by atoms with Gasteiger partial charge in [0.1, 0.15) is 35.5 Å². The van der Waals surface area contributed by atoms with Gasteiger partial charge in [-0.2, -0.15) is 5.26 Å². The lowest BCUT2D eigenvalue weighted by Crippen LogP contribution is -2.21. The van der Waals surface area contributed by atoms with Crippen molar-refractivity contribution in [2.45, 2.75) is 5.92 Å². The summed E-state index contributed by atoms with van der Waals surface area (Å²) in [7, 11) is 3.02. The van der Waals surface area contributed by atoms with Gasteiger partial charge in [0.05, 0.1) is 30.7 Å². The Morgan fingerprint density at radius 1 is 1.11 bits per heavy atom. The molecule has 1 aliphatic heterocycles. The molecule has 8 nitrogen and oxygen atoms in total. The summed E-state index contributed by atoms with van der Waals surface area (Å²) >= 11 is 6.13. The predicted octanol–water partition coefficient (Wildman–Crippen LogP) is 5.36. The minimum atomic E-state index is -0.613. The first-order chi connectivity index (χ1) is 17.9. The summed E-state index contributed by atoms with van der Waals surface area (Å²) in [5, 5.41) is 10.1. The second kappa shape index (κ2) is 11.0. The van der Waals surface area contributed by atoms with Crippen LogP contribution in [-0.4, -0.2) is 26.8 Å². The summed E-state index contributed by atoms with van der Waals surface area (Å²) in [5.74, 6) is 0.857. The fourth-order valence-electron chi connectivity index (χ4n) is 3.93. The van der Waals surface area contributed by atoms with E-state index < -0.39 is 11.9 Å². The molecule has 37 heavy (non-hydrogen) atoms. The summed E-state index contributed by atoms with van der Waals surface area (Å²) in [4.78, 5) is 12.7. The number of nitrogens with zero attached hydrogens (tertiary/aromatic N) is 1. The van der Waals surface area contributed by atoms with Crippen LogP contribution in [0.5, 0.6) is 28.7 Å². The van der Waals surface area contributed by atoms with Crippen LogP contribution in [0.4, 0.5) is 0 Å². The van der Waals surface area contributed by atoms with E-state index in [1.807, 2.05) is 6.07 Å². The number of rotatable bonds is 8. The van der Waals surface area contributed by atoms with Crippen molar-refractivity contribution in [1.29, 1.82) is 5.26 Å². The second-order valence-corrected chi connectivity index (χ2v) is 8.28. The van der Waals surface area contributed by atoms with Gasteiger partial charge in [-0.3, -0.25) is 0 Å². The quantitative estimate of drug-likeness (QED) is 0.241. The number of carbonyl (C=O) groups is 1. The first-order valence-corrected chi connectivity index (χ1v) is 11.5. The van der Waals surface area contributed by atoms with Crippen molar-refractivity contribution in [2.75, 3.05) is 20.8 Å². The smallest absolute Gasteiger partial charge is 0.343 e. The van der Waals surface area contributed by atoms with E-state index in [-0.39, 0.29) is 27.8 Å². The largest absolute Gasteiger partial charge is 0.495 e. The summed E-state index contributed by atoms with van der Waals surface area (Å²) in [5.41, 5.74) is 8.02. The van der Waals surface area contributed by atoms with E-state index >= 15 is 0 Å². The topological polar surface area (TPSA) is 113 Å². The van der Waals surface area contributed by atoms with E-state index in [4.69, 9.17) is 41.0 Å². The Morgan fingerprint density at radius 3 is 2.54 bits per heavy atom. The van der Waals surface area contributed by atoms with Gasteiger partial charge in [-0.1, -0.05) is 36.4 Å².